The van der Waals surface area contributed by atoms with Crippen molar-refractivity contribution < 1.29 is 13.2 Å². The number of rotatable bonds is 7. The van der Waals surface area contributed by atoms with Gasteiger partial charge < -0.3 is 10.6 Å². The van der Waals surface area contributed by atoms with Gasteiger partial charge >= 0.3 is 0 Å². The Bertz CT molecular complexity index is 395. The Morgan fingerprint density at radius 3 is 2.63 bits per heavy atom. The highest BCUT2D eigenvalue weighted by Gasteiger charge is 2.34. The Hall–Kier alpha value is -0.620. The second-order valence-electron chi connectivity index (χ2n) is 5.54. The van der Waals surface area contributed by atoms with E-state index in [0.717, 1.165) is 12.8 Å². The number of unbranched alkanes of at least 4 members (excludes halogenated alkanes) is 1. The minimum atomic E-state index is -2.95. The van der Waals surface area contributed by atoms with Crippen molar-refractivity contribution in [2.45, 2.75) is 45.6 Å². The predicted octanol–water partition coefficient (Wildman–Crippen LogP) is 0.787. The minimum absolute atomic E-state index is 0.0495. The van der Waals surface area contributed by atoms with Crippen LogP contribution in [-0.4, -0.2) is 49.9 Å². The van der Waals surface area contributed by atoms with E-state index in [4.69, 9.17) is 5.73 Å². The molecule has 0 aliphatic carbocycles. The summed E-state index contributed by atoms with van der Waals surface area (Å²) in [6.07, 6.45) is 2.90. The molecule has 0 spiro atoms. The molecule has 0 aromatic heterocycles. The van der Waals surface area contributed by atoms with Crippen LogP contribution in [0.2, 0.25) is 0 Å². The second-order valence-corrected chi connectivity index (χ2v) is 7.77. The first-order valence-electron chi connectivity index (χ1n) is 7.09. The van der Waals surface area contributed by atoms with Crippen molar-refractivity contribution in [1.29, 1.82) is 0 Å². The molecule has 0 bridgehead atoms. The van der Waals surface area contributed by atoms with E-state index in [2.05, 4.69) is 6.92 Å². The number of carbonyl (C=O) groups is 1. The zero-order valence-corrected chi connectivity index (χ0v) is 12.8. The van der Waals surface area contributed by atoms with Crippen LogP contribution in [0.3, 0.4) is 0 Å². The first-order valence-corrected chi connectivity index (χ1v) is 8.91. The van der Waals surface area contributed by atoms with Gasteiger partial charge in [-0.15, -0.1) is 0 Å². The summed E-state index contributed by atoms with van der Waals surface area (Å²) < 4.78 is 23.1. The molecule has 112 valence electrons. The van der Waals surface area contributed by atoms with E-state index in [1.165, 1.54) is 0 Å². The third-order valence-corrected chi connectivity index (χ3v) is 5.40. The molecule has 1 heterocycles. The lowest BCUT2D eigenvalue weighted by molar-refractivity contribution is -0.134. The van der Waals surface area contributed by atoms with Gasteiger partial charge in [0.2, 0.25) is 5.91 Å². The van der Waals surface area contributed by atoms with E-state index in [0.29, 0.717) is 25.9 Å². The Labute approximate surface area is 116 Å². The van der Waals surface area contributed by atoms with Crippen molar-refractivity contribution in [1.82, 2.24) is 4.90 Å². The summed E-state index contributed by atoms with van der Waals surface area (Å²) in [7, 11) is -2.95. The molecule has 0 radical (unpaired) electrons. The maximum absolute atomic E-state index is 12.3. The molecular weight excluding hydrogens is 264 g/mol. The summed E-state index contributed by atoms with van der Waals surface area (Å²) in [6, 6.07) is -0.131. The molecule has 1 rings (SSSR count). The number of carbonyl (C=O) groups excluding carboxylic acids is 1. The molecule has 19 heavy (non-hydrogen) atoms. The highest BCUT2D eigenvalue weighted by Crippen LogP contribution is 2.20. The number of sulfone groups is 1. The third kappa shape index (κ3) is 5.10. The Balaban J connectivity index is 2.68. The molecule has 1 saturated heterocycles. The summed E-state index contributed by atoms with van der Waals surface area (Å²) in [5.74, 6) is 0.530. The highest BCUT2D eigenvalue weighted by molar-refractivity contribution is 7.91. The van der Waals surface area contributed by atoms with Gasteiger partial charge in [-0.1, -0.05) is 20.3 Å². The van der Waals surface area contributed by atoms with Crippen LogP contribution in [0.25, 0.3) is 0 Å². The maximum atomic E-state index is 12.3. The Kier molecular flexibility index (Phi) is 6.26. The van der Waals surface area contributed by atoms with Gasteiger partial charge in [0.1, 0.15) is 0 Å². The van der Waals surface area contributed by atoms with Gasteiger partial charge in [-0.2, -0.15) is 0 Å². The van der Waals surface area contributed by atoms with Gasteiger partial charge in [-0.25, -0.2) is 8.42 Å². The monoisotopic (exact) mass is 290 g/mol. The zero-order chi connectivity index (χ0) is 14.5. The third-order valence-electron chi connectivity index (χ3n) is 3.65. The average Bonchev–Trinajstić information content (AvgIpc) is 2.70. The highest BCUT2D eigenvalue weighted by atomic mass is 32.2. The predicted molar refractivity (Wildman–Crippen MR) is 76.5 cm³/mol. The summed E-state index contributed by atoms with van der Waals surface area (Å²) in [5.41, 5.74) is 5.55. The smallest absolute Gasteiger partial charge is 0.223 e. The summed E-state index contributed by atoms with van der Waals surface area (Å²) in [5, 5.41) is 0. The molecule has 5 nitrogen and oxygen atoms in total. The molecule has 2 unspecified atom stereocenters. The van der Waals surface area contributed by atoms with Gasteiger partial charge in [0.05, 0.1) is 11.5 Å². The van der Waals surface area contributed by atoms with E-state index < -0.39 is 9.84 Å². The van der Waals surface area contributed by atoms with Crippen molar-refractivity contribution in [3.63, 3.8) is 0 Å². The van der Waals surface area contributed by atoms with Crippen LogP contribution in [0, 0.1) is 5.92 Å². The molecule has 6 heteroatoms. The van der Waals surface area contributed by atoms with Gasteiger partial charge in [0.15, 0.2) is 9.84 Å². The fourth-order valence-corrected chi connectivity index (χ4v) is 4.09. The summed E-state index contributed by atoms with van der Waals surface area (Å²) in [4.78, 5) is 14.1. The molecule has 0 aromatic rings. The van der Waals surface area contributed by atoms with Crippen LogP contribution >= 0.6 is 0 Å². The van der Waals surface area contributed by atoms with Crippen LogP contribution in [0.1, 0.15) is 39.5 Å². The zero-order valence-electron chi connectivity index (χ0n) is 12.0. The summed E-state index contributed by atoms with van der Waals surface area (Å²) in [6.45, 7) is 5.15. The van der Waals surface area contributed by atoms with E-state index >= 15 is 0 Å². The van der Waals surface area contributed by atoms with Gasteiger partial charge in [0.25, 0.3) is 0 Å². The molecule has 1 aliphatic rings. The van der Waals surface area contributed by atoms with Crippen LogP contribution in [0.5, 0.6) is 0 Å². The van der Waals surface area contributed by atoms with Crippen molar-refractivity contribution in [2.75, 3.05) is 24.6 Å². The largest absolute Gasteiger partial charge is 0.339 e. The fraction of sp³-hybridized carbons (Fsp3) is 0.923. The standard InChI is InChI=1S/C13H26N2O3S/c1-3-4-6-15(13(16)8-11(2)9-14)12-5-7-19(17,18)10-12/h11-12H,3-10,14H2,1-2H3. The fourth-order valence-electron chi connectivity index (χ4n) is 2.36. The lowest BCUT2D eigenvalue weighted by Gasteiger charge is -2.29. The molecule has 2 N–H and O–H groups in total. The molecule has 1 fully saturated rings. The van der Waals surface area contributed by atoms with E-state index in [-0.39, 0.29) is 29.4 Å². The van der Waals surface area contributed by atoms with Crippen LogP contribution in [0.15, 0.2) is 0 Å². The Morgan fingerprint density at radius 2 is 2.16 bits per heavy atom. The normalized spacial score (nSPS) is 23.2. The number of nitrogens with zero attached hydrogens (tertiary/aromatic N) is 1. The lowest BCUT2D eigenvalue weighted by Crippen LogP contribution is -2.42. The van der Waals surface area contributed by atoms with Crippen molar-refractivity contribution in [3.05, 3.63) is 0 Å². The van der Waals surface area contributed by atoms with Crippen molar-refractivity contribution >= 4 is 15.7 Å². The van der Waals surface area contributed by atoms with E-state index in [1.54, 1.807) is 4.90 Å². The molecule has 0 saturated carbocycles. The molecule has 2 atom stereocenters. The maximum Gasteiger partial charge on any atom is 0.223 e. The van der Waals surface area contributed by atoms with E-state index in [1.807, 2.05) is 6.92 Å². The SMILES string of the molecule is CCCCN(C(=O)CC(C)CN)C1CCS(=O)(=O)C1. The molecule has 1 amide bonds. The number of hydrogen-bond acceptors (Lipinski definition) is 4. The van der Waals surface area contributed by atoms with Gasteiger partial charge in [-0.3, -0.25) is 4.79 Å². The van der Waals surface area contributed by atoms with Crippen LogP contribution in [-0.2, 0) is 14.6 Å². The first kappa shape index (κ1) is 16.4. The van der Waals surface area contributed by atoms with Crippen LogP contribution in [0.4, 0.5) is 0 Å². The molecule has 1 aliphatic heterocycles. The van der Waals surface area contributed by atoms with Gasteiger partial charge in [0, 0.05) is 19.0 Å². The van der Waals surface area contributed by atoms with Crippen molar-refractivity contribution in [3.8, 4) is 0 Å². The lowest BCUT2D eigenvalue weighted by atomic mass is 10.1. The molecule has 0 aromatic carbocycles. The van der Waals surface area contributed by atoms with Crippen molar-refractivity contribution in [2.24, 2.45) is 11.7 Å². The van der Waals surface area contributed by atoms with E-state index in [9.17, 15) is 13.2 Å². The molecular formula is C13H26N2O3S. The number of nitrogens with two attached hydrogens (primary N) is 1. The minimum Gasteiger partial charge on any atom is -0.339 e. The Morgan fingerprint density at radius 1 is 1.47 bits per heavy atom. The van der Waals surface area contributed by atoms with Crippen LogP contribution < -0.4 is 5.73 Å². The first-order chi connectivity index (χ1) is 8.89. The number of hydrogen-bond donors (Lipinski definition) is 1. The summed E-state index contributed by atoms with van der Waals surface area (Å²) >= 11 is 0. The quantitative estimate of drug-likeness (QED) is 0.751. The second kappa shape index (κ2) is 7.24. The average molecular weight is 290 g/mol. The van der Waals surface area contributed by atoms with Gasteiger partial charge in [-0.05, 0) is 25.3 Å². The topological polar surface area (TPSA) is 80.5 Å². The number of amides is 1.